The van der Waals surface area contributed by atoms with E-state index in [-0.39, 0.29) is 11.9 Å². The van der Waals surface area contributed by atoms with Gasteiger partial charge in [-0.15, -0.1) is 0 Å². The molecule has 0 spiro atoms. The molecule has 3 heteroatoms. The molecular formula is C15H24FNO. The van der Waals surface area contributed by atoms with E-state index in [1.54, 1.807) is 12.1 Å². The SMILES string of the molecule is CCC(CC)NCC(C)OCc1ccccc1F. The molecular weight excluding hydrogens is 229 g/mol. The van der Waals surface area contributed by atoms with Crippen LogP contribution in [0.2, 0.25) is 0 Å². The molecule has 0 heterocycles. The third-order valence-electron chi connectivity index (χ3n) is 3.16. The van der Waals surface area contributed by atoms with Crippen molar-refractivity contribution in [1.29, 1.82) is 0 Å². The molecule has 18 heavy (non-hydrogen) atoms. The first-order chi connectivity index (χ1) is 8.67. The molecule has 2 nitrogen and oxygen atoms in total. The van der Waals surface area contributed by atoms with Crippen molar-refractivity contribution in [2.75, 3.05) is 6.54 Å². The lowest BCUT2D eigenvalue weighted by Gasteiger charge is -2.19. The van der Waals surface area contributed by atoms with Gasteiger partial charge in [-0.25, -0.2) is 4.39 Å². The van der Waals surface area contributed by atoms with E-state index >= 15 is 0 Å². The van der Waals surface area contributed by atoms with Crippen molar-refractivity contribution in [1.82, 2.24) is 5.32 Å². The van der Waals surface area contributed by atoms with Gasteiger partial charge in [-0.2, -0.15) is 0 Å². The van der Waals surface area contributed by atoms with E-state index in [2.05, 4.69) is 19.2 Å². The highest BCUT2D eigenvalue weighted by molar-refractivity contribution is 5.16. The summed E-state index contributed by atoms with van der Waals surface area (Å²) in [4.78, 5) is 0. The number of hydrogen-bond acceptors (Lipinski definition) is 2. The summed E-state index contributed by atoms with van der Waals surface area (Å²) in [7, 11) is 0. The Labute approximate surface area is 110 Å². The monoisotopic (exact) mass is 253 g/mol. The topological polar surface area (TPSA) is 21.3 Å². The quantitative estimate of drug-likeness (QED) is 0.765. The number of rotatable bonds is 8. The maximum Gasteiger partial charge on any atom is 0.128 e. The van der Waals surface area contributed by atoms with Gasteiger partial charge in [-0.05, 0) is 25.8 Å². The zero-order chi connectivity index (χ0) is 13.4. The summed E-state index contributed by atoms with van der Waals surface area (Å²) in [6, 6.07) is 7.29. The lowest BCUT2D eigenvalue weighted by atomic mass is 10.1. The van der Waals surface area contributed by atoms with Gasteiger partial charge >= 0.3 is 0 Å². The van der Waals surface area contributed by atoms with Gasteiger partial charge in [0.25, 0.3) is 0 Å². The lowest BCUT2D eigenvalue weighted by Crippen LogP contribution is -2.34. The number of nitrogens with one attached hydrogen (secondary N) is 1. The molecule has 1 rings (SSSR count). The highest BCUT2D eigenvalue weighted by Crippen LogP contribution is 2.09. The minimum atomic E-state index is -0.197. The minimum Gasteiger partial charge on any atom is -0.372 e. The molecule has 0 radical (unpaired) electrons. The van der Waals surface area contributed by atoms with Crippen LogP contribution < -0.4 is 5.32 Å². The highest BCUT2D eigenvalue weighted by atomic mass is 19.1. The van der Waals surface area contributed by atoms with Crippen LogP contribution >= 0.6 is 0 Å². The van der Waals surface area contributed by atoms with Crippen LogP contribution in [0.25, 0.3) is 0 Å². The smallest absolute Gasteiger partial charge is 0.128 e. The van der Waals surface area contributed by atoms with Gasteiger partial charge in [0.05, 0.1) is 12.7 Å². The van der Waals surface area contributed by atoms with Crippen molar-refractivity contribution in [3.05, 3.63) is 35.6 Å². The Hall–Kier alpha value is -0.930. The van der Waals surface area contributed by atoms with Crippen molar-refractivity contribution in [2.45, 2.75) is 52.4 Å². The van der Waals surface area contributed by atoms with Crippen LogP contribution in [0.3, 0.4) is 0 Å². The molecule has 0 saturated heterocycles. The van der Waals surface area contributed by atoms with Gasteiger partial charge in [0.1, 0.15) is 5.82 Å². The van der Waals surface area contributed by atoms with Crippen molar-refractivity contribution < 1.29 is 9.13 Å². The van der Waals surface area contributed by atoms with Crippen molar-refractivity contribution in [2.24, 2.45) is 0 Å². The zero-order valence-electron chi connectivity index (χ0n) is 11.6. The first kappa shape index (κ1) is 15.1. The molecule has 0 aliphatic rings. The second-order valence-corrected chi connectivity index (χ2v) is 4.63. The molecule has 0 bridgehead atoms. The Morgan fingerprint density at radius 3 is 2.50 bits per heavy atom. The summed E-state index contributed by atoms with van der Waals surface area (Å²) in [5.41, 5.74) is 0.617. The first-order valence-corrected chi connectivity index (χ1v) is 6.75. The summed E-state index contributed by atoms with van der Waals surface area (Å²) < 4.78 is 19.0. The standard InChI is InChI=1S/C15H24FNO/c1-4-14(5-2)17-10-12(3)18-11-13-8-6-7-9-15(13)16/h6-9,12,14,17H,4-5,10-11H2,1-3H3. The van der Waals surface area contributed by atoms with Crippen molar-refractivity contribution in [3.8, 4) is 0 Å². The maximum atomic E-state index is 13.4. The fraction of sp³-hybridized carbons (Fsp3) is 0.600. The molecule has 1 aromatic carbocycles. The third-order valence-corrected chi connectivity index (χ3v) is 3.16. The molecule has 0 fully saturated rings. The second-order valence-electron chi connectivity index (χ2n) is 4.63. The Morgan fingerprint density at radius 1 is 1.22 bits per heavy atom. The van der Waals surface area contributed by atoms with Crippen LogP contribution in [-0.2, 0) is 11.3 Å². The molecule has 1 aromatic rings. The average Bonchev–Trinajstić information content (AvgIpc) is 2.39. The Kier molecular flexibility index (Phi) is 6.91. The molecule has 102 valence electrons. The average molecular weight is 253 g/mol. The molecule has 0 amide bonds. The molecule has 0 aliphatic heterocycles. The van der Waals surface area contributed by atoms with Gasteiger partial charge in [0.15, 0.2) is 0 Å². The van der Waals surface area contributed by atoms with Crippen LogP contribution in [0.15, 0.2) is 24.3 Å². The fourth-order valence-electron chi connectivity index (χ4n) is 1.82. The molecule has 0 saturated carbocycles. The van der Waals surface area contributed by atoms with Gasteiger partial charge in [0.2, 0.25) is 0 Å². The van der Waals surface area contributed by atoms with E-state index in [4.69, 9.17) is 4.74 Å². The normalized spacial score (nSPS) is 12.9. The van der Waals surface area contributed by atoms with Crippen LogP contribution in [0.4, 0.5) is 4.39 Å². The second kappa shape index (κ2) is 8.22. The molecule has 1 unspecified atom stereocenters. The largest absolute Gasteiger partial charge is 0.372 e. The predicted octanol–water partition coefficient (Wildman–Crippen LogP) is 3.51. The summed E-state index contributed by atoms with van der Waals surface area (Å²) in [6.07, 6.45) is 2.33. The van der Waals surface area contributed by atoms with Gasteiger partial charge in [-0.1, -0.05) is 32.0 Å². The van der Waals surface area contributed by atoms with Gasteiger partial charge < -0.3 is 10.1 Å². The van der Waals surface area contributed by atoms with E-state index in [0.29, 0.717) is 18.2 Å². The summed E-state index contributed by atoms with van der Waals surface area (Å²) >= 11 is 0. The molecule has 0 aliphatic carbocycles. The zero-order valence-corrected chi connectivity index (χ0v) is 11.6. The molecule has 0 aromatic heterocycles. The minimum absolute atomic E-state index is 0.0882. The van der Waals surface area contributed by atoms with E-state index in [1.165, 1.54) is 6.07 Å². The van der Waals surface area contributed by atoms with E-state index in [0.717, 1.165) is 19.4 Å². The molecule has 1 atom stereocenters. The van der Waals surface area contributed by atoms with Crippen LogP contribution in [-0.4, -0.2) is 18.7 Å². The van der Waals surface area contributed by atoms with E-state index in [9.17, 15) is 4.39 Å². The number of benzene rings is 1. The summed E-state index contributed by atoms with van der Waals surface area (Å²) in [5, 5.41) is 3.45. The highest BCUT2D eigenvalue weighted by Gasteiger charge is 2.08. The number of hydrogen-bond donors (Lipinski definition) is 1. The van der Waals surface area contributed by atoms with Crippen LogP contribution in [0.5, 0.6) is 0 Å². The van der Waals surface area contributed by atoms with Crippen molar-refractivity contribution >= 4 is 0 Å². The Bertz CT molecular complexity index is 339. The number of ether oxygens (including phenoxy) is 1. The van der Waals surface area contributed by atoms with Gasteiger partial charge in [0, 0.05) is 18.2 Å². The van der Waals surface area contributed by atoms with Crippen molar-refractivity contribution in [3.63, 3.8) is 0 Å². The summed E-state index contributed by atoms with van der Waals surface area (Å²) in [6.45, 7) is 7.49. The lowest BCUT2D eigenvalue weighted by molar-refractivity contribution is 0.0495. The Balaban J connectivity index is 2.29. The van der Waals surface area contributed by atoms with Crippen LogP contribution in [0, 0.1) is 5.82 Å². The van der Waals surface area contributed by atoms with E-state index in [1.807, 2.05) is 13.0 Å². The first-order valence-electron chi connectivity index (χ1n) is 6.75. The fourth-order valence-corrected chi connectivity index (χ4v) is 1.82. The molecule has 1 N–H and O–H groups in total. The predicted molar refractivity (Wildman–Crippen MR) is 73.0 cm³/mol. The van der Waals surface area contributed by atoms with E-state index < -0.39 is 0 Å². The number of halogens is 1. The maximum absolute atomic E-state index is 13.4. The van der Waals surface area contributed by atoms with Gasteiger partial charge in [-0.3, -0.25) is 0 Å². The third kappa shape index (κ3) is 5.15. The summed E-state index contributed by atoms with van der Waals surface area (Å²) in [5.74, 6) is -0.197. The Morgan fingerprint density at radius 2 is 1.89 bits per heavy atom. The van der Waals surface area contributed by atoms with Crippen LogP contribution in [0.1, 0.15) is 39.2 Å².